The van der Waals surface area contributed by atoms with Gasteiger partial charge in [0.25, 0.3) is 0 Å². The van der Waals surface area contributed by atoms with Gasteiger partial charge in [-0.1, -0.05) is 20.8 Å². The zero-order valence-electron chi connectivity index (χ0n) is 11.0. The maximum atomic E-state index is 4.68. The van der Waals surface area contributed by atoms with Crippen LogP contribution < -0.4 is 5.32 Å². The molecule has 0 aliphatic rings. The Balaban J connectivity index is 2.62. The zero-order valence-corrected chi connectivity index (χ0v) is 11.0. The molecule has 0 aliphatic heterocycles. The Morgan fingerprint density at radius 2 is 2.12 bits per heavy atom. The van der Waals surface area contributed by atoms with Crippen LogP contribution in [-0.4, -0.2) is 22.0 Å². The van der Waals surface area contributed by atoms with Gasteiger partial charge in [0.1, 0.15) is 11.5 Å². The maximum absolute atomic E-state index is 4.68. The first-order valence-electron chi connectivity index (χ1n) is 6.18. The lowest BCUT2D eigenvalue weighted by Crippen LogP contribution is -2.06. The number of rotatable bonds is 4. The van der Waals surface area contributed by atoms with Gasteiger partial charge >= 0.3 is 0 Å². The van der Waals surface area contributed by atoms with Gasteiger partial charge in [0, 0.05) is 24.0 Å². The maximum Gasteiger partial charge on any atom is 0.141 e. The van der Waals surface area contributed by atoms with Crippen LogP contribution in [0.1, 0.15) is 43.8 Å². The Bertz CT molecular complexity index is 513. The van der Waals surface area contributed by atoms with Gasteiger partial charge in [-0.05, 0) is 19.0 Å². The molecule has 0 atom stereocenters. The van der Waals surface area contributed by atoms with Crippen molar-refractivity contribution < 1.29 is 0 Å². The number of hydrogen-bond acceptors (Lipinski definition) is 3. The molecule has 0 unspecified atom stereocenters. The summed E-state index contributed by atoms with van der Waals surface area (Å²) < 4.78 is 0. The van der Waals surface area contributed by atoms with Crippen molar-refractivity contribution in [2.75, 3.05) is 7.05 Å². The summed E-state index contributed by atoms with van der Waals surface area (Å²) in [6, 6.07) is 0. The van der Waals surface area contributed by atoms with Crippen molar-refractivity contribution in [3.05, 3.63) is 23.3 Å². The Kier molecular flexibility index (Phi) is 3.43. The molecule has 0 saturated carbocycles. The van der Waals surface area contributed by atoms with Crippen molar-refractivity contribution in [2.24, 2.45) is 0 Å². The highest BCUT2D eigenvalue weighted by Crippen LogP contribution is 2.22. The molecule has 4 nitrogen and oxygen atoms in total. The molecule has 0 fully saturated rings. The van der Waals surface area contributed by atoms with E-state index in [9.17, 15) is 0 Å². The van der Waals surface area contributed by atoms with E-state index >= 15 is 0 Å². The highest BCUT2D eigenvalue weighted by Gasteiger charge is 2.13. The molecule has 4 heteroatoms. The highest BCUT2D eigenvalue weighted by molar-refractivity contribution is 5.82. The average molecular weight is 232 g/mol. The summed E-state index contributed by atoms with van der Waals surface area (Å²) in [6.45, 7) is 7.23. The van der Waals surface area contributed by atoms with Gasteiger partial charge in [0.05, 0.1) is 5.69 Å². The number of nitrogens with zero attached hydrogens (tertiary/aromatic N) is 2. The summed E-state index contributed by atoms with van der Waals surface area (Å²) in [6.07, 6.45) is 2.96. The van der Waals surface area contributed by atoms with Crippen LogP contribution in [0.5, 0.6) is 0 Å². The fourth-order valence-electron chi connectivity index (χ4n) is 2.04. The van der Waals surface area contributed by atoms with Crippen molar-refractivity contribution in [2.45, 2.75) is 39.7 Å². The first kappa shape index (κ1) is 12.0. The SMILES string of the molecule is CCc1nc(C(C)C)nc2[nH]cc(CNC)c12. The minimum Gasteiger partial charge on any atom is -0.346 e. The van der Waals surface area contributed by atoms with E-state index in [0.29, 0.717) is 5.92 Å². The van der Waals surface area contributed by atoms with Gasteiger partial charge < -0.3 is 10.3 Å². The first-order valence-corrected chi connectivity index (χ1v) is 6.18. The summed E-state index contributed by atoms with van der Waals surface area (Å²) >= 11 is 0. The van der Waals surface area contributed by atoms with Crippen molar-refractivity contribution in [3.8, 4) is 0 Å². The number of nitrogens with one attached hydrogen (secondary N) is 2. The van der Waals surface area contributed by atoms with Crippen LogP contribution in [0.3, 0.4) is 0 Å². The predicted octanol–water partition coefficient (Wildman–Crippen LogP) is 2.36. The molecule has 0 amide bonds. The number of aromatic amines is 1. The number of hydrogen-bond donors (Lipinski definition) is 2. The summed E-state index contributed by atoms with van der Waals surface area (Å²) in [5.41, 5.74) is 3.35. The molecular weight excluding hydrogens is 212 g/mol. The van der Waals surface area contributed by atoms with Crippen molar-refractivity contribution in [1.82, 2.24) is 20.3 Å². The normalized spacial score (nSPS) is 11.6. The average Bonchev–Trinajstić information content (AvgIpc) is 2.72. The van der Waals surface area contributed by atoms with Crippen molar-refractivity contribution in [3.63, 3.8) is 0 Å². The Morgan fingerprint density at radius 3 is 2.71 bits per heavy atom. The summed E-state index contributed by atoms with van der Waals surface area (Å²) in [4.78, 5) is 12.5. The molecule has 17 heavy (non-hydrogen) atoms. The van der Waals surface area contributed by atoms with Crippen molar-refractivity contribution >= 4 is 11.0 Å². The Morgan fingerprint density at radius 1 is 1.35 bits per heavy atom. The lowest BCUT2D eigenvalue weighted by atomic mass is 10.1. The third-order valence-corrected chi connectivity index (χ3v) is 2.92. The van der Waals surface area contributed by atoms with Gasteiger partial charge in [0.15, 0.2) is 0 Å². The third-order valence-electron chi connectivity index (χ3n) is 2.92. The molecule has 2 heterocycles. The van der Waals surface area contributed by atoms with Crippen LogP contribution in [0.4, 0.5) is 0 Å². The Hall–Kier alpha value is -1.42. The molecule has 92 valence electrons. The van der Waals surface area contributed by atoms with Gasteiger partial charge in [-0.3, -0.25) is 0 Å². The zero-order chi connectivity index (χ0) is 12.4. The van der Waals surface area contributed by atoms with E-state index in [0.717, 1.165) is 30.1 Å². The van der Waals surface area contributed by atoms with Crippen LogP contribution in [-0.2, 0) is 13.0 Å². The molecule has 2 aromatic rings. The summed E-state index contributed by atoms with van der Waals surface area (Å²) in [5, 5.41) is 4.36. The highest BCUT2D eigenvalue weighted by atomic mass is 15.0. The summed E-state index contributed by atoms with van der Waals surface area (Å²) in [7, 11) is 1.95. The number of aryl methyl sites for hydroxylation is 1. The van der Waals surface area contributed by atoms with Crippen molar-refractivity contribution in [1.29, 1.82) is 0 Å². The van der Waals surface area contributed by atoms with E-state index in [1.165, 1.54) is 10.9 Å². The van der Waals surface area contributed by atoms with E-state index in [2.05, 4.69) is 41.0 Å². The van der Waals surface area contributed by atoms with Gasteiger partial charge in [-0.2, -0.15) is 0 Å². The predicted molar refractivity (Wildman–Crippen MR) is 70.1 cm³/mol. The minimum absolute atomic E-state index is 0.362. The smallest absolute Gasteiger partial charge is 0.141 e. The number of fused-ring (bicyclic) bond motifs is 1. The molecule has 2 aromatic heterocycles. The molecule has 2 rings (SSSR count). The van der Waals surface area contributed by atoms with E-state index < -0.39 is 0 Å². The molecule has 0 radical (unpaired) electrons. The first-order chi connectivity index (χ1) is 8.17. The van der Waals surface area contributed by atoms with Gasteiger partial charge in [0.2, 0.25) is 0 Å². The quantitative estimate of drug-likeness (QED) is 0.851. The lowest BCUT2D eigenvalue weighted by molar-refractivity contribution is 0.767. The van der Waals surface area contributed by atoms with Crippen LogP contribution in [0.25, 0.3) is 11.0 Å². The summed E-state index contributed by atoms with van der Waals surface area (Å²) in [5.74, 6) is 1.29. The van der Waals surface area contributed by atoms with Crippen LogP contribution >= 0.6 is 0 Å². The fraction of sp³-hybridized carbons (Fsp3) is 0.538. The molecule has 0 spiro atoms. The second-order valence-electron chi connectivity index (χ2n) is 4.60. The van der Waals surface area contributed by atoms with Gasteiger partial charge in [-0.25, -0.2) is 9.97 Å². The molecule has 0 aromatic carbocycles. The Labute approximate surface area is 102 Å². The third kappa shape index (κ3) is 2.17. The molecule has 2 N–H and O–H groups in total. The van der Waals surface area contributed by atoms with Crippen LogP contribution in [0.15, 0.2) is 6.20 Å². The molecular formula is C13H20N4. The standard InChI is InChI=1S/C13H20N4/c1-5-10-11-9(6-14-4)7-15-13(11)17-12(16-10)8(2)3/h7-8,14H,5-6H2,1-4H3,(H,15,16,17). The molecule has 0 bridgehead atoms. The van der Waals surface area contributed by atoms with E-state index in [1.807, 2.05) is 13.2 Å². The van der Waals surface area contributed by atoms with Gasteiger partial charge in [-0.15, -0.1) is 0 Å². The number of aromatic nitrogens is 3. The monoisotopic (exact) mass is 232 g/mol. The largest absolute Gasteiger partial charge is 0.346 e. The van der Waals surface area contributed by atoms with E-state index in [-0.39, 0.29) is 0 Å². The number of H-pyrrole nitrogens is 1. The van der Waals surface area contributed by atoms with Crippen LogP contribution in [0.2, 0.25) is 0 Å². The fourth-order valence-corrected chi connectivity index (χ4v) is 2.04. The molecule has 0 aliphatic carbocycles. The van der Waals surface area contributed by atoms with E-state index in [1.54, 1.807) is 0 Å². The minimum atomic E-state index is 0.362. The van der Waals surface area contributed by atoms with Crippen LogP contribution in [0, 0.1) is 0 Å². The lowest BCUT2D eigenvalue weighted by Gasteiger charge is -2.08. The second-order valence-corrected chi connectivity index (χ2v) is 4.60. The molecule has 0 saturated heterocycles. The van der Waals surface area contributed by atoms with E-state index in [4.69, 9.17) is 0 Å². The second kappa shape index (κ2) is 4.84. The topological polar surface area (TPSA) is 53.6 Å².